The fourth-order valence-corrected chi connectivity index (χ4v) is 2.64. The van der Waals surface area contributed by atoms with Crippen LogP contribution in [0.4, 0.5) is 0 Å². The SMILES string of the molecule is CCCC(C)N(C)C(CN)c1ccc(C)cc1C. The smallest absolute Gasteiger partial charge is 0.0472 e. The Morgan fingerprint density at radius 1 is 1.28 bits per heavy atom. The molecule has 102 valence electrons. The van der Waals surface area contributed by atoms with Gasteiger partial charge in [0.2, 0.25) is 0 Å². The molecule has 1 rings (SSSR count). The lowest BCUT2D eigenvalue weighted by Gasteiger charge is -2.33. The van der Waals surface area contributed by atoms with Crippen LogP contribution >= 0.6 is 0 Å². The van der Waals surface area contributed by atoms with Crippen LogP contribution in [-0.4, -0.2) is 24.5 Å². The number of benzene rings is 1. The Bertz CT molecular complexity index is 373. The van der Waals surface area contributed by atoms with Crippen molar-refractivity contribution in [1.29, 1.82) is 0 Å². The van der Waals surface area contributed by atoms with E-state index in [1.165, 1.54) is 29.5 Å². The van der Waals surface area contributed by atoms with Crippen LogP contribution in [0, 0.1) is 13.8 Å². The summed E-state index contributed by atoms with van der Waals surface area (Å²) in [5, 5.41) is 0. The van der Waals surface area contributed by atoms with Crippen LogP contribution in [0.1, 0.15) is 49.4 Å². The molecule has 1 aromatic carbocycles. The summed E-state index contributed by atoms with van der Waals surface area (Å²) in [7, 11) is 2.19. The van der Waals surface area contributed by atoms with Crippen LogP contribution in [0.3, 0.4) is 0 Å². The Hall–Kier alpha value is -0.860. The molecule has 0 fully saturated rings. The van der Waals surface area contributed by atoms with Crippen molar-refractivity contribution in [1.82, 2.24) is 4.90 Å². The third-order valence-electron chi connectivity index (χ3n) is 3.90. The summed E-state index contributed by atoms with van der Waals surface area (Å²) in [6, 6.07) is 7.56. The van der Waals surface area contributed by atoms with E-state index in [1.54, 1.807) is 0 Å². The van der Waals surface area contributed by atoms with Crippen LogP contribution < -0.4 is 5.73 Å². The molecule has 0 aliphatic heterocycles. The van der Waals surface area contributed by atoms with Gasteiger partial charge in [0.15, 0.2) is 0 Å². The van der Waals surface area contributed by atoms with Gasteiger partial charge in [-0.1, -0.05) is 37.1 Å². The summed E-state index contributed by atoms with van der Waals surface area (Å²) < 4.78 is 0. The molecule has 18 heavy (non-hydrogen) atoms. The van der Waals surface area contributed by atoms with Crippen molar-refractivity contribution >= 4 is 0 Å². The van der Waals surface area contributed by atoms with Crippen LogP contribution in [0.5, 0.6) is 0 Å². The number of nitrogens with zero attached hydrogens (tertiary/aromatic N) is 1. The molecule has 0 spiro atoms. The van der Waals surface area contributed by atoms with E-state index in [0.29, 0.717) is 18.6 Å². The Morgan fingerprint density at radius 3 is 2.44 bits per heavy atom. The van der Waals surface area contributed by atoms with E-state index in [9.17, 15) is 0 Å². The fourth-order valence-electron chi connectivity index (χ4n) is 2.64. The van der Waals surface area contributed by atoms with E-state index in [2.05, 4.69) is 57.8 Å². The highest BCUT2D eigenvalue weighted by Gasteiger charge is 2.21. The molecule has 0 aliphatic rings. The summed E-state index contributed by atoms with van der Waals surface area (Å²) in [5.41, 5.74) is 10.0. The molecule has 2 heteroatoms. The monoisotopic (exact) mass is 248 g/mol. The average Bonchev–Trinajstić information content (AvgIpc) is 2.32. The lowest BCUT2D eigenvalue weighted by molar-refractivity contribution is 0.179. The van der Waals surface area contributed by atoms with Gasteiger partial charge in [0.05, 0.1) is 0 Å². The van der Waals surface area contributed by atoms with Crippen molar-refractivity contribution in [3.63, 3.8) is 0 Å². The molecule has 0 saturated carbocycles. The molecule has 1 aromatic rings. The second kappa shape index (κ2) is 6.91. The molecular weight excluding hydrogens is 220 g/mol. The fraction of sp³-hybridized carbons (Fsp3) is 0.625. The summed E-state index contributed by atoms with van der Waals surface area (Å²) in [6.07, 6.45) is 2.44. The second-order valence-corrected chi connectivity index (χ2v) is 5.41. The van der Waals surface area contributed by atoms with E-state index in [1.807, 2.05) is 0 Å². The minimum Gasteiger partial charge on any atom is -0.329 e. The van der Waals surface area contributed by atoms with Crippen molar-refractivity contribution in [2.75, 3.05) is 13.6 Å². The average molecular weight is 248 g/mol. The maximum Gasteiger partial charge on any atom is 0.0472 e. The van der Waals surface area contributed by atoms with Crippen molar-refractivity contribution in [3.8, 4) is 0 Å². The zero-order valence-electron chi connectivity index (χ0n) is 12.5. The molecule has 2 unspecified atom stereocenters. The number of nitrogens with two attached hydrogens (primary N) is 1. The minimum atomic E-state index is 0.326. The van der Waals surface area contributed by atoms with Gasteiger partial charge < -0.3 is 5.73 Å². The van der Waals surface area contributed by atoms with E-state index in [4.69, 9.17) is 5.73 Å². The first-order valence-corrected chi connectivity index (χ1v) is 7.00. The van der Waals surface area contributed by atoms with Crippen molar-refractivity contribution in [2.45, 2.75) is 52.6 Å². The van der Waals surface area contributed by atoms with Gasteiger partial charge >= 0.3 is 0 Å². The van der Waals surface area contributed by atoms with Crippen molar-refractivity contribution in [3.05, 3.63) is 34.9 Å². The number of hydrogen-bond donors (Lipinski definition) is 1. The molecular formula is C16H28N2. The maximum atomic E-state index is 6.00. The summed E-state index contributed by atoms with van der Waals surface area (Å²) in [5.74, 6) is 0. The topological polar surface area (TPSA) is 29.3 Å². The molecule has 0 radical (unpaired) electrons. The van der Waals surface area contributed by atoms with E-state index >= 15 is 0 Å². The predicted octanol–water partition coefficient (Wildman–Crippen LogP) is 3.42. The van der Waals surface area contributed by atoms with E-state index < -0.39 is 0 Å². The summed E-state index contributed by atoms with van der Waals surface area (Å²) >= 11 is 0. The highest BCUT2D eigenvalue weighted by molar-refractivity contribution is 5.33. The van der Waals surface area contributed by atoms with Gasteiger partial charge in [-0.3, -0.25) is 4.90 Å². The number of rotatable bonds is 6. The first kappa shape index (κ1) is 15.2. The largest absolute Gasteiger partial charge is 0.329 e. The molecule has 2 N–H and O–H groups in total. The normalized spacial score (nSPS) is 14.8. The first-order valence-electron chi connectivity index (χ1n) is 7.00. The highest BCUT2D eigenvalue weighted by Crippen LogP contribution is 2.25. The molecule has 0 heterocycles. The molecule has 2 nitrogen and oxygen atoms in total. The van der Waals surface area contributed by atoms with Gasteiger partial charge in [-0.2, -0.15) is 0 Å². The maximum absolute atomic E-state index is 6.00. The zero-order chi connectivity index (χ0) is 13.7. The standard InChI is InChI=1S/C16H28N2/c1-6-7-14(4)18(5)16(11-17)15-9-8-12(2)10-13(15)3/h8-10,14,16H,6-7,11,17H2,1-5H3. The van der Waals surface area contributed by atoms with Crippen LogP contribution in [-0.2, 0) is 0 Å². The zero-order valence-corrected chi connectivity index (χ0v) is 12.5. The Labute approximate surface area is 112 Å². The number of aryl methyl sites for hydroxylation is 2. The van der Waals surface area contributed by atoms with Crippen molar-refractivity contribution < 1.29 is 0 Å². The van der Waals surface area contributed by atoms with Gasteiger partial charge in [0, 0.05) is 18.6 Å². The predicted molar refractivity (Wildman–Crippen MR) is 79.8 cm³/mol. The van der Waals surface area contributed by atoms with Gasteiger partial charge in [-0.25, -0.2) is 0 Å². The van der Waals surface area contributed by atoms with E-state index in [0.717, 1.165) is 0 Å². The molecule has 0 aromatic heterocycles. The summed E-state index contributed by atoms with van der Waals surface area (Å²) in [4.78, 5) is 2.42. The van der Waals surface area contributed by atoms with Crippen LogP contribution in [0.2, 0.25) is 0 Å². The number of likely N-dealkylation sites (N-methyl/N-ethyl adjacent to an activating group) is 1. The highest BCUT2D eigenvalue weighted by atomic mass is 15.2. The van der Waals surface area contributed by atoms with Crippen LogP contribution in [0.25, 0.3) is 0 Å². The third-order valence-corrected chi connectivity index (χ3v) is 3.90. The Morgan fingerprint density at radius 2 is 1.94 bits per heavy atom. The Balaban J connectivity index is 2.94. The van der Waals surface area contributed by atoms with Gasteiger partial charge in [0.1, 0.15) is 0 Å². The molecule has 0 bridgehead atoms. The lowest BCUT2D eigenvalue weighted by atomic mass is 9.97. The van der Waals surface area contributed by atoms with Gasteiger partial charge in [-0.15, -0.1) is 0 Å². The Kier molecular flexibility index (Phi) is 5.83. The van der Waals surface area contributed by atoms with Crippen LogP contribution in [0.15, 0.2) is 18.2 Å². The lowest BCUT2D eigenvalue weighted by Crippen LogP contribution is -2.37. The third kappa shape index (κ3) is 3.56. The molecule has 2 atom stereocenters. The molecule has 0 aliphatic carbocycles. The number of hydrogen-bond acceptors (Lipinski definition) is 2. The second-order valence-electron chi connectivity index (χ2n) is 5.41. The minimum absolute atomic E-state index is 0.326. The van der Waals surface area contributed by atoms with Crippen molar-refractivity contribution in [2.24, 2.45) is 5.73 Å². The van der Waals surface area contributed by atoms with E-state index in [-0.39, 0.29) is 0 Å². The first-order chi connectivity index (χ1) is 8.51. The van der Waals surface area contributed by atoms with Gasteiger partial charge in [-0.05, 0) is 45.4 Å². The quantitative estimate of drug-likeness (QED) is 0.836. The molecule has 0 saturated heterocycles. The van der Waals surface area contributed by atoms with Gasteiger partial charge in [0.25, 0.3) is 0 Å². The summed E-state index contributed by atoms with van der Waals surface area (Å²) in [6.45, 7) is 9.52. The molecule has 0 amide bonds.